The van der Waals surface area contributed by atoms with E-state index in [-0.39, 0.29) is 29.4 Å². The topological polar surface area (TPSA) is 66.5 Å². The van der Waals surface area contributed by atoms with E-state index in [0.717, 1.165) is 12.1 Å². The molecule has 1 aromatic rings. The zero-order chi connectivity index (χ0) is 10.7. The number of nitrogens with two attached hydrogens (primary N) is 1. The molecule has 1 rings (SSSR count). The van der Waals surface area contributed by atoms with Gasteiger partial charge in [0.1, 0.15) is 11.6 Å². The Morgan fingerprint density at radius 3 is 2.71 bits per heavy atom. The Morgan fingerprint density at radius 2 is 2.14 bits per heavy atom. The fraction of sp³-hybridized carbons (Fsp3) is 0.333. The number of phenols is 1. The number of rotatable bonds is 3. The largest absolute Gasteiger partial charge is 0.506 e. The summed E-state index contributed by atoms with van der Waals surface area (Å²) in [5.41, 5.74) is 5.62. The van der Waals surface area contributed by atoms with Crippen molar-refractivity contribution in [2.45, 2.75) is 12.5 Å². The lowest BCUT2D eigenvalue weighted by molar-refractivity contribution is 0.275. The quantitative estimate of drug-likeness (QED) is 0.723. The van der Waals surface area contributed by atoms with Crippen molar-refractivity contribution in [2.75, 3.05) is 6.61 Å². The molecule has 0 saturated heterocycles. The first kappa shape index (κ1) is 11.2. The maximum Gasteiger partial charge on any atom is 0.134 e. The van der Waals surface area contributed by atoms with E-state index in [1.165, 1.54) is 0 Å². The van der Waals surface area contributed by atoms with Crippen LogP contribution in [-0.4, -0.2) is 16.8 Å². The second-order valence-electron chi connectivity index (χ2n) is 2.91. The van der Waals surface area contributed by atoms with E-state index in [9.17, 15) is 9.50 Å². The molecule has 0 bridgehead atoms. The normalized spacial score (nSPS) is 12.9. The molecule has 14 heavy (non-hydrogen) atoms. The fourth-order valence-electron chi connectivity index (χ4n) is 1.18. The third-order valence-electron chi connectivity index (χ3n) is 1.92. The summed E-state index contributed by atoms with van der Waals surface area (Å²) in [6, 6.07) is 1.54. The van der Waals surface area contributed by atoms with Gasteiger partial charge in [-0.3, -0.25) is 0 Å². The second kappa shape index (κ2) is 4.59. The van der Waals surface area contributed by atoms with Gasteiger partial charge in [-0.1, -0.05) is 11.6 Å². The highest BCUT2D eigenvalue weighted by Crippen LogP contribution is 2.33. The van der Waals surface area contributed by atoms with E-state index in [1.807, 2.05) is 0 Å². The third kappa shape index (κ3) is 2.15. The van der Waals surface area contributed by atoms with Crippen LogP contribution in [0.4, 0.5) is 4.39 Å². The van der Waals surface area contributed by atoms with E-state index in [0.29, 0.717) is 0 Å². The number of benzene rings is 1. The molecule has 5 heteroatoms. The number of aliphatic hydroxyl groups excluding tert-OH is 1. The van der Waals surface area contributed by atoms with Gasteiger partial charge in [0.15, 0.2) is 0 Å². The summed E-state index contributed by atoms with van der Waals surface area (Å²) in [7, 11) is 0. The van der Waals surface area contributed by atoms with Gasteiger partial charge in [-0.15, -0.1) is 0 Å². The van der Waals surface area contributed by atoms with Gasteiger partial charge in [-0.25, -0.2) is 4.39 Å². The van der Waals surface area contributed by atoms with Gasteiger partial charge in [0.05, 0.1) is 5.02 Å². The first-order valence-electron chi connectivity index (χ1n) is 4.11. The van der Waals surface area contributed by atoms with Crippen molar-refractivity contribution < 1.29 is 14.6 Å². The lowest BCUT2D eigenvalue weighted by atomic mass is 10.0. The van der Waals surface area contributed by atoms with Crippen molar-refractivity contribution in [1.82, 2.24) is 0 Å². The number of phenolic OH excluding ortho intramolecular Hbond substituents is 1. The molecule has 0 heterocycles. The van der Waals surface area contributed by atoms with E-state index in [1.54, 1.807) is 0 Å². The highest BCUT2D eigenvalue weighted by Gasteiger charge is 2.17. The fourth-order valence-corrected chi connectivity index (χ4v) is 1.47. The van der Waals surface area contributed by atoms with Gasteiger partial charge in [0.2, 0.25) is 0 Å². The molecular formula is C9H11ClFNO2. The number of aromatic hydroxyl groups is 1. The lowest BCUT2D eigenvalue weighted by Crippen LogP contribution is -2.14. The molecule has 0 saturated carbocycles. The van der Waals surface area contributed by atoms with Crippen LogP contribution >= 0.6 is 11.6 Å². The molecular weight excluding hydrogens is 209 g/mol. The van der Waals surface area contributed by atoms with Crippen molar-refractivity contribution in [3.8, 4) is 5.75 Å². The number of halogens is 2. The molecule has 0 aliphatic heterocycles. The van der Waals surface area contributed by atoms with Gasteiger partial charge in [-0.2, -0.15) is 0 Å². The van der Waals surface area contributed by atoms with Crippen LogP contribution in [0.3, 0.4) is 0 Å². The van der Waals surface area contributed by atoms with Crippen LogP contribution in [0.5, 0.6) is 5.75 Å². The molecule has 3 nitrogen and oxygen atoms in total. The van der Waals surface area contributed by atoms with Gasteiger partial charge >= 0.3 is 0 Å². The van der Waals surface area contributed by atoms with Crippen molar-refractivity contribution >= 4 is 11.6 Å². The van der Waals surface area contributed by atoms with E-state index in [4.69, 9.17) is 22.4 Å². The Balaban J connectivity index is 3.11. The summed E-state index contributed by atoms with van der Waals surface area (Å²) in [5, 5.41) is 17.8. The van der Waals surface area contributed by atoms with Gasteiger partial charge < -0.3 is 15.9 Å². The van der Waals surface area contributed by atoms with Crippen LogP contribution in [0.2, 0.25) is 5.02 Å². The second-order valence-corrected chi connectivity index (χ2v) is 3.29. The summed E-state index contributed by atoms with van der Waals surface area (Å²) in [5.74, 6) is -0.787. The van der Waals surface area contributed by atoms with Crippen LogP contribution in [0.25, 0.3) is 0 Å². The minimum atomic E-state index is -0.709. The number of hydrogen-bond acceptors (Lipinski definition) is 3. The Labute approximate surface area is 85.9 Å². The SMILES string of the molecule is NC(CCO)c1c(F)ccc(O)c1Cl. The lowest BCUT2D eigenvalue weighted by Gasteiger charge is -2.13. The van der Waals surface area contributed by atoms with Gasteiger partial charge in [0.25, 0.3) is 0 Å². The zero-order valence-electron chi connectivity index (χ0n) is 7.37. The maximum atomic E-state index is 13.2. The predicted molar refractivity (Wildman–Crippen MR) is 51.7 cm³/mol. The summed E-state index contributed by atoms with van der Waals surface area (Å²) in [4.78, 5) is 0. The monoisotopic (exact) mass is 219 g/mol. The van der Waals surface area contributed by atoms with Crippen LogP contribution in [-0.2, 0) is 0 Å². The summed E-state index contributed by atoms with van der Waals surface area (Å²) in [6.45, 7) is -0.160. The molecule has 0 amide bonds. The maximum absolute atomic E-state index is 13.2. The zero-order valence-corrected chi connectivity index (χ0v) is 8.13. The minimum absolute atomic E-state index is 0.0423. The van der Waals surface area contributed by atoms with E-state index >= 15 is 0 Å². The Morgan fingerprint density at radius 1 is 1.50 bits per heavy atom. The first-order valence-corrected chi connectivity index (χ1v) is 4.49. The van der Waals surface area contributed by atoms with Crippen LogP contribution in [0.1, 0.15) is 18.0 Å². The van der Waals surface area contributed by atoms with Gasteiger partial charge in [0, 0.05) is 18.2 Å². The summed E-state index contributed by atoms with van der Waals surface area (Å²) >= 11 is 5.68. The molecule has 0 aliphatic carbocycles. The van der Waals surface area contributed by atoms with Crippen molar-refractivity contribution in [3.63, 3.8) is 0 Å². The molecule has 4 N–H and O–H groups in total. The molecule has 1 atom stereocenters. The average molecular weight is 220 g/mol. The van der Waals surface area contributed by atoms with Crippen LogP contribution in [0, 0.1) is 5.82 Å². The smallest absolute Gasteiger partial charge is 0.134 e. The molecule has 0 radical (unpaired) electrons. The minimum Gasteiger partial charge on any atom is -0.506 e. The Kier molecular flexibility index (Phi) is 3.69. The summed E-state index contributed by atoms with van der Waals surface area (Å²) in [6.07, 6.45) is 0.195. The van der Waals surface area contributed by atoms with Crippen LogP contribution in [0.15, 0.2) is 12.1 Å². The van der Waals surface area contributed by atoms with Crippen molar-refractivity contribution in [1.29, 1.82) is 0 Å². The average Bonchev–Trinajstić information content (AvgIpc) is 2.13. The van der Waals surface area contributed by atoms with E-state index < -0.39 is 11.9 Å². The molecule has 1 unspecified atom stereocenters. The van der Waals surface area contributed by atoms with Gasteiger partial charge in [-0.05, 0) is 18.6 Å². The number of hydrogen-bond donors (Lipinski definition) is 3. The molecule has 0 fully saturated rings. The molecule has 1 aromatic carbocycles. The van der Waals surface area contributed by atoms with Crippen LogP contribution < -0.4 is 5.73 Å². The Hall–Kier alpha value is -0.840. The highest BCUT2D eigenvalue weighted by molar-refractivity contribution is 6.32. The standard InChI is InChI=1S/C9H11ClFNO2/c10-9-7(14)2-1-5(11)8(9)6(12)3-4-13/h1-2,6,13-14H,3-4,12H2. The third-order valence-corrected chi connectivity index (χ3v) is 2.31. The predicted octanol–water partition coefficient (Wildman–Crippen LogP) is 1.57. The number of aliphatic hydroxyl groups is 1. The molecule has 0 spiro atoms. The molecule has 78 valence electrons. The highest BCUT2D eigenvalue weighted by atomic mass is 35.5. The summed E-state index contributed by atoms with van der Waals surface area (Å²) < 4.78 is 13.2. The van der Waals surface area contributed by atoms with E-state index in [2.05, 4.69) is 0 Å². The first-order chi connectivity index (χ1) is 6.57. The molecule has 0 aliphatic rings. The Bertz CT molecular complexity index is 333. The molecule has 0 aromatic heterocycles. The van der Waals surface area contributed by atoms with Crippen molar-refractivity contribution in [2.24, 2.45) is 5.73 Å². The van der Waals surface area contributed by atoms with Crippen molar-refractivity contribution in [3.05, 3.63) is 28.5 Å².